The number of halogens is 1. The van der Waals surface area contributed by atoms with Crippen LogP contribution < -0.4 is 5.32 Å². The molecule has 0 aliphatic carbocycles. The summed E-state index contributed by atoms with van der Waals surface area (Å²) < 4.78 is 1.00. The van der Waals surface area contributed by atoms with Gasteiger partial charge in [-0.25, -0.2) is 0 Å². The highest BCUT2D eigenvalue weighted by Gasteiger charge is 2.36. The first-order valence-electron chi connectivity index (χ1n) is 7.41. The molecule has 1 aliphatic rings. The number of nitrogens with zero attached hydrogens (tertiary/aromatic N) is 1. The molecule has 5 heteroatoms. The van der Waals surface area contributed by atoms with Gasteiger partial charge in [0, 0.05) is 22.6 Å². The third-order valence-electron chi connectivity index (χ3n) is 4.04. The fourth-order valence-corrected chi connectivity index (χ4v) is 3.31. The van der Waals surface area contributed by atoms with E-state index >= 15 is 0 Å². The molecule has 0 bridgehead atoms. The lowest BCUT2D eigenvalue weighted by molar-refractivity contribution is -0.130. The van der Waals surface area contributed by atoms with Gasteiger partial charge in [0.1, 0.15) is 0 Å². The molecule has 1 saturated heterocycles. The first-order chi connectivity index (χ1) is 10.1. The zero-order valence-electron chi connectivity index (χ0n) is 12.4. The summed E-state index contributed by atoms with van der Waals surface area (Å²) in [6, 6.07) is 7.92. The monoisotopic (exact) mass is 400 g/mol. The molecule has 114 valence electrons. The summed E-state index contributed by atoms with van der Waals surface area (Å²) in [7, 11) is 0. The number of amides is 2. The molecule has 2 rings (SSSR count). The van der Waals surface area contributed by atoms with Crippen LogP contribution in [-0.4, -0.2) is 29.3 Å². The number of hydrogen-bond donors (Lipinski definition) is 1. The quantitative estimate of drug-likeness (QED) is 0.772. The number of hydrogen-bond acceptors (Lipinski definition) is 2. The normalized spacial score (nSPS) is 18.4. The second-order valence-corrected chi connectivity index (χ2v) is 6.55. The third-order valence-corrected chi connectivity index (χ3v) is 4.98. The SMILES string of the molecule is CCC(CC)N1CC(C(=O)Nc2ccccc2I)CC1=O. The Labute approximate surface area is 139 Å². The zero-order chi connectivity index (χ0) is 15.4. The van der Waals surface area contributed by atoms with Crippen LogP contribution in [0.25, 0.3) is 0 Å². The van der Waals surface area contributed by atoms with Gasteiger partial charge in [0.05, 0.1) is 11.6 Å². The Bertz CT molecular complexity index is 529. The highest BCUT2D eigenvalue weighted by Crippen LogP contribution is 2.25. The Morgan fingerprint density at radius 3 is 2.67 bits per heavy atom. The molecule has 1 aliphatic heterocycles. The molecule has 1 heterocycles. The molecule has 2 amide bonds. The van der Waals surface area contributed by atoms with Crippen LogP contribution in [0.3, 0.4) is 0 Å². The Kier molecular flexibility index (Phi) is 5.61. The van der Waals surface area contributed by atoms with Gasteiger partial charge in [-0.1, -0.05) is 26.0 Å². The number of anilines is 1. The molecule has 1 atom stereocenters. The number of carbonyl (C=O) groups excluding carboxylic acids is 2. The number of benzene rings is 1. The minimum absolute atomic E-state index is 0.0547. The molecule has 1 fully saturated rings. The van der Waals surface area contributed by atoms with Crippen LogP contribution in [0.5, 0.6) is 0 Å². The van der Waals surface area contributed by atoms with Crippen LogP contribution in [0.4, 0.5) is 5.69 Å². The Morgan fingerprint density at radius 1 is 1.38 bits per heavy atom. The molecule has 0 saturated carbocycles. The number of carbonyl (C=O) groups is 2. The van der Waals surface area contributed by atoms with Crippen molar-refractivity contribution in [1.29, 1.82) is 0 Å². The lowest BCUT2D eigenvalue weighted by Gasteiger charge is -2.26. The minimum Gasteiger partial charge on any atom is -0.339 e. The van der Waals surface area contributed by atoms with Crippen LogP contribution >= 0.6 is 22.6 Å². The Balaban J connectivity index is 2.02. The first-order valence-corrected chi connectivity index (χ1v) is 8.49. The van der Waals surface area contributed by atoms with E-state index in [2.05, 4.69) is 41.8 Å². The van der Waals surface area contributed by atoms with Gasteiger partial charge in [-0.2, -0.15) is 0 Å². The molecule has 0 aromatic heterocycles. The lowest BCUT2D eigenvalue weighted by Crippen LogP contribution is -2.36. The topological polar surface area (TPSA) is 49.4 Å². The summed E-state index contributed by atoms with van der Waals surface area (Å²) >= 11 is 2.20. The molecule has 21 heavy (non-hydrogen) atoms. The van der Waals surface area contributed by atoms with Crippen molar-refractivity contribution in [2.45, 2.75) is 39.2 Å². The van der Waals surface area contributed by atoms with E-state index in [0.717, 1.165) is 22.1 Å². The summed E-state index contributed by atoms with van der Waals surface area (Å²) in [6.07, 6.45) is 2.20. The minimum atomic E-state index is -0.242. The summed E-state index contributed by atoms with van der Waals surface area (Å²) in [4.78, 5) is 26.4. The molecule has 1 aromatic rings. The molecule has 4 nitrogen and oxygen atoms in total. The largest absolute Gasteiger partial charge is 0.339 e. The van der Waals surface area contributed by atoms with Crippen molar-refractivity contribution in [2.24, 2.45) is 5.92 Å². The van der Waals surface area contributed by atoms with E-state index in [1.165, 1.54) is 0 Å². The van der Waals surface area contributed by atoms with E-state index in [9.17, 15) is 9.59 Å². The van der Waals surface area contributed by atoms with Gasteiger partial charge in [-0.15, -0.1) is 0 Å². The average molecular weight is 400 g/mol. The van der Waals surface area contributed by atoms with Gasteiger partial charge in [-0.05, 0) is 47.6 Å². The first kappa shape index (κ1) is 16.3. The third kappa shape index (κ3) is 3.75. The van der Waals surface area contributed by atoms with E-state index < -0.39 is 0 Å². The predicted molar refractivity (Wildman–Crippen MR) is 92.0 cm³/mol. The lowest BCUT2D eigenvalue weighted by atomic mass is 10.1. The molecule has 1 N–H and O–H groups in total. The average Bonchev–Trinajstić information content (AvgIpc) is 2.85. The molecule has 1 aromatic carbocycles. The summed E-state index contributed by atoms with van der Waals surface area (Å²) in [5.74, 6) is -0.193. The summed E-state index contributed by atoms with van der Waals surface area (Å²) in [5, 5.41) is 2.94. The highest BCUT2D eigenvalue weighted by atomic mass is 127. The molecule has 0 spiro atoms. The number of para-hydroxylation sites is 1. The number of rotatable bonds is 5. The van der Waals surface area contributed by atoms with Crippen molar-refractivity contribution in [3.05, 3.63) is 27.8 Å². The van der Waals surface area contributed by atoms with Crippen LogP contribution in [0.2, 0.25) is 0 Å². The van der Waals surface area contributed by atoms with Crippen LogP contribution in [0.15, 0.2) is 24.3 Å². The van der Waals surface area contributed by atoms with E-state index in [1.54, 1.807) is 0 Å². The molecular weight excluding hydrogens is 379 g/mol. The summed E-state index contributed by atoms with van der Waals surface area (Å²) in [5.41, 5.74) is 0.816. The van der Waals surface area contributed by atoms with Crippen molar-refractivity contribution in [1.82, 2.24) is 4.90 Å². The number of nitrogens with one attached hydrogen (secondary N) is 1. The summed E-state index contributed by atoms with van der Waals surface area (Å²) in [6.45, 7) is 4.71. The Morgan fingerprint density at radius 2 is 2.05 bits per heavy atom. The van der Waals surface area contributed by atoms with Crippen molar-refractivity contribution < 1.29 is 9.59 Å². The van der Waals surface area contributed by atoms with Crippen molar-refractivity contribution in [3.63, 3.8) is 0 Å². The fraction of sp³-hybridized carbons (Fsp3) is 0.500. The standard InChI is InChI=1S/C16H21IN2O2/c1-3-12(4-2)19-10-11(9-15(19)20)16(21)18-14-8-6-5-7-13(14)17/h5-8,11-12H,3-4,9-10H2,1-2H3,(H,18,21). The predicted octanol–water partition coefficient (Wildman–Crippen LogP) is 3.27. The van der Waals surface area contributed by atoms with Crippen molar-refractivity contribution >= 4 is 40.1 Å². The maximum absolute atomic E-state index is 12.4. The maximum Gasteiger partial charge on any atom is 0.229 e. The van der Waals surface area contributed by atoms with Crippen LogP contribution in [0, 0.1) is 9.49 Å². The van der Waals surface area contributed by atoms with Gasteiger partial charge in [0.15, 0.2) is 0 Å². The van der Waals surface area contributed by atoms with Gasteiger partial charge < -0.3 is 10.2 Å². The van der Waals surface area contributed by atoms with Gasteiger partial charge in [-0.3, -0.25) is 9.59 Å². The zero-order valence-corrected chi connectivity index (χ0v) is 14.6. The highest BCUT2D eigenvalue weighted by molar-refractivity contribution is 14.1. The van der Waals surface area contributed by atoms with Gasteiger partial charge in [0.2, 0.25) is 11.8 Å². The molecular formula is C16H21IN2O2. The van der Waals surface area contributed by atoms with E-state index in [4.69, 9.17) is 0 Å². The van der Waals surface area contributed by atoms with Crippen molar-refractivity contribution in [2.75, 3.05) is 11.9 Å². The maximum atomic E-state index is 12.4. The smallest absolute Gasteiger partial charge is 0.229 e. The van der Waals surface area contributed by atoms with Crippen molar-refractivity contribution in [3.8, 4) is 0 Å². The second-order valence-electron chi connectivity index (χ2n) is 5.39. The van der Waals surface area contributed by atoms with Gasteiger partial charge in [0.25, 0.3) is 0 Å². The Hall–Kier alpha value is -1.11. The van der Waals surface area contributed by atoms with Gasteiger partial charge >= 0.3 is 0 Å². The van der Waals surface area contributed by atoms with E-state index in [1.807, 2.05) is 29.2 Å². The molecule has 1 unspecified atom stereocenters. The van der Waals surface area contributed by atoms with Crippen LogP contribution in [0.1, 0.15) is 33.1 Å². The molecule has 0 radical (unpaired) electrons. The fourth-order valence-electron chi connectivity index (χ4n) is 2.79. The second kappa shape index (κ2) is 7.24. The number of likely N-dealkylation sites (tertiary alicyclic amines) is 1. The van der Waals surface area contributed by atoms with Crippen LogP contribution in [-0.2, 0) is 9.59 Å². The van der Waals surface area contributed by atoms with E-state index in [0.29, 0.717) is 13.0 Å². The van der Waals surface area contributed by atoms with E-state index in [-0.39, 0.29) is 23.8 Å².